The minimum absolute atomic E-state index is 0.0105. The number of carbonyl (C=O) groups is 2. The molecule has 0 bridgehead atoms. The molecule has 20 heavy (non-hydrogen) atoms. The maximum atomic E-state index is 11.6. The van der Waals surface area contributed by atoms with Gasteiger partial charge in [0, 0.05) is 17.8 Å². The van der Waals surface area contributed by atoms with Gasteiger partial charge in [-0.25, -0.2) is 4.79 Å². The van der Waals surface area contributed by atoms with Crippen molar-refractivity contribution in [3.63, 3.8) is 0 Å². The third-order valence-electron chi connectivity index (χ3n) is 3.04. The summed E-state index contributed by atoms with van der Waals surface area (Å²) in [7, 11) is 0. The summed E-state index contributed by atoms with van der Waals surface area (Å²) in [4.78, 5) is 22.7. The lowest BCUT2D eigenvalue weighted by atomic mass is 10.0. The van der Waals surface area contributed by atoms with E-state index in [1.165, 1.54) is 6.92 Å². The second-order valence-corrected chi connectivity index (χ2v) is 5.11. The predicted molar refractivity (Wildman–Crippen MR) is 78.9 cm³/mol. The van der Waals surface area contributed by atoms with Crippen molar-refractivity contribution < 1.29 is 14.7 Å². The van der Waals surface area contributed by atoms with Crippen LogP contribution in [0.3, 0.4) is 0 Å². The molecule has 0 spiro atoms. The number of nitrogens with one attached hydrogen (secondary N) is 2. The Bertz CT molecular complexity index is 455. The average molecular weight is 278 g/mol. The standard InChI is InChI=1S/C15H22N2O3/c1-10(2)14(19)8-9-16-15(20)17-13-6-4-12(5-7-13)11(3)18/h4-7,10,14,19H,8-9H2,1-3H3,(H2,16,17,20). The van der Waals surface area contributed by atoms with Crippen molar-refractivity contribution in [3.05, 3.63) is 29.8 Å². The third-order valence-corrected chi connectivity index (χ3v) is 3.04. The molecule has 0 saturated carbocycles. The second-order valence-electron chi connectivity index (χ2n) is 5.11. The highest BCUT2D eigenvalue weighted by atomic mass is 16.3. The van der Waals surface area contributed by atoms with Crippen LogP contribution in [0.5, 0.6) is 0 Å². The Morgan fingerprint density at radius 2 is 1.80 bits per heavy atom. The van der Waals surface area contributed by atoms with E-state index in [4.69, 9.17) is 0 Å². The fourth-order valence-corrected chi connectivity index (χ4v) is 1.63. The van der Waals surface area contributed by atoms with E-state index in [9.17, 15) is 14.7 Å². The number of aliphatic hydroxyl groups is 1. The Balaban J connectivity index is 2.37. The highest BCUT2D eigenvalue weighted by molar-refractivity contribution is 5.95. The van der Waals surface area contributed by atoms with Crippen molar-refractivity contribution in [2.45, 2.75) is 33.3 Å². The summed E-state index contributed by atoms with van der Waals surface area (Å²) in [5, 5.41) is 15.0. The molecule has 110 valence electrons. The van der Waals surface area contributed by atoms with Gasteiger partial charge in [0.25, 0.3) is 0 Å². The molecule has 1 unspecified atom stereocenters. The van der Waals surface area contributed by atoms with Crippen LogP contribution >= 0.6 is 0 Å². The molecule has 1 rings (SSSR count). The van der Waals surface area contributed by atoms with Gasteiger partial charge in [-0.2, -0.15) is 0 Å². The van der Waals surface area contributed by atoms with Crippen molar-refractivity contribution in [1.29, 1.82) is 0 Å². The Kier molecular flexibility index (Phi) is 6.18. The minimum Gasteiger partial charge on any atom is -0.393 e. The Morgan fingerprint density at radius 1 is 1.20 bits per heavy atom. The summed E-state index contributed by atoms with van der Waals surface area (Å²) >= 11 is 0. The Hall–Kier alpha value is -1.88. The number of aliphatic hydroxyl groups excluding tert-OH is 1. The Morgan fingerprint density at radius 3 is 2.30 bits per heavy atom. The van der Waals surface area contributed by atoms with E-state index in [0.717, 1.165) is 0 Å². The molecule has 5 heteroatoms. The van der Waals surface area contributed by atoms with Gasteiger partial charge in [0.2, 0.25) is 0 Å². The molecule has 0 aliphatic carbocycles. The van der Waals surface area contributed by atoms with Crippen LogP contribution in [0, 0.1) is 5.92 Å². The molecule has 0 heterocycles. The smallest absolute Gasteiger partial charge is 0.319 e. The van der Waals surface area contributed by atoms with Gasteiger partial charge in [-0.15, -0.1) is 0 Å². The number of ketones is 1. The number of hydrogen-bond acceptors (Lipinski definition) is 3. The molecule has 1 aromatic carbocycles. The first-order chi connectivity index (χ1) is 9.40. The van der Waals surface area contributed by atoms with Crippen LogP contribution in [-0.4, -0.2) is 29.6 Å². The number of benzene rings is 1. The second kappa shape index (κ2) is 7.65. The first-order valence-corrected chi connectivity index (χ1v) is 6.74. The van der Waals surface area contributed by atoms with Crippen molar-refractivity contribution >= 4 is 17.5 Å². The molecule has 3 N–H and O–H groups in total. The van der Waals surface area contributed by atoms with E-state index in [0.29, 0.717) is 24.2 Å². The average Bonchev–Trinajstić information content (AvgIpc) is 2.39. The number of rotatable bonds is 6. The molecule has 0 radical (unpaired) electrons. The van der Waals surface area contributed by atoms with Crippen LogP contribution in [0.4, 0.5) is 10.5 Å². The number of urea groups is 1. The zero-order chi connectivity index (χ0) is 15.1. The number of carbonyl (C=O) groups excluding carboxylic acids is 2. The molecule has 0 aliphatic rings. The maximum absolute atomic E-state index is 11.6. The summed E-state index contributed by atoms with van der Waals surface area (Å²) < 4.78 is 0. The topological polar surface area (TPSA) is 78.4 Å². The lowest BCUT2D eigenvalue weighted by Crippen LogP contribution is -2.32. The predicted octanol–water partition coefficient (Wildman–Crippen LogP) is 2.42. The molecule has 0 saturated heterocycles. The van der Waals surface area contributed by atoms with Gasteiger partial charge in [0.05, 0.1) is 6.10 Å². The van der Waals surface area contributed by atoms with Gasteiger partial charge < -0.3 is 15.7 Å². The fourth-order valence-electron chi connectivity index (χ4n) is 1.63. The van der Waals surface area contributed by atoms with Crippen molar-refractivity contribution in [2.24, 2.45) is 5.92 Å². The molecule has 0 fully saturated rings. The molecule has 1 aromatic rings. The summed E-state index contributed by atoms with van der Waals surface area (Å²) in [5.74, 6) is 0.169. The first kappa shape index (κ1) is 16.2. The van der Waals surface area contributed by atoms with E-state index in [1.54, 1.807) is 24.3 Å². The molecule has 1 atom stereocenters. The lowest BCUT2D eigenvalue weighted by molar-refractivity contribution is 0.101. The summed E-state index contributed by atoms with van der Waals surface area (Å²) in [6, 6.07) is 6.37. The quantitative estimate of drug-likeness (QED) is 0.699. The number of hydrogen-bond donors (Lipinski definition) is 3. The zero-order valence-electron chi connectivity index (χ0n) is 12.1. The van der Waals surface area contributed by atoms with Crippen LogP contribution in [0.25, 0.3) is 0 Å². The number of anilines is 1. The van der Waals surface area contributed by atoms with E-state index in [2.05, 4.69) is 10.6 Å². The van der Waals surface area contributed by atoms with Crippen LogP contribution in [0.2, 0.25) is 0 Å². The SMILES string of the molecule is CC(=O)c1ccc(NC(=O)NCCC(O)C(C)C)cc1. The normalized spacial score (nSPS) is 12.1. The highest BCUT2D eigenvalue weighted by Gasteiger charge is 2.09. The summed E-state index contributed by atoms with van der Waals surface area (Å²) in [6.07, 6.45) is 0.110. The molecule has 0 aliphatic heterocycles. The van der Waals surface area contributed by atoms with Crippen LogP contribution in [0.15, 0.2) is 24.3 Å². The van der Waals surface area contributed by atoms with Crippen LogP contribution < -0.4 is 10.6 Å². The Labute approximate surface area is 119 Å². The third kappa shape index (κ3) is 5.40. The fraction of sp³-hybridized carbons (Fsp3) is 0.467. The monoisotopic (exact) mass is 278 g/mol. The first-order valence-electron chi connectivity index (χ1n) is 6.74. The van der Waals surface area contributed by atoms with Gasteiger partial charge in [-0.1, -0.05) is 13.8 Å². The molecule has 2 amide bonds. The van der Waals surface area contributed by atoms with E-state index in [1.807, 2.05) is 13.8 Å². The molecule has 0 aromatic heterocycles. The van der Waals surface area contributed by atoms with Gasteiger partial charge in [-0.05, 0) is 43.5 Å². The van der Waals surface area contributed by atoms with Crippen LogP contribution in [0.1, 0.15) is 37.6 Å². The lowest BCUT2D eigenvalue weighted by Gasteiger charge is -2.14. The van der Waals surface area contributed by atoms with Crippen LogP contribution in [-0.2, 0) is 0 Å². The molecule has 5 nitrogen and oxygen atoms in total. The number of Topliss-reactive ketones (excluding diaryl/α,β-unsaturated/α-hetero) is 1. The van der Waals surface area contributed by atoms with Gasteiger partial charge >= 0.3 is 6.03 Å². The van der Waals surface area contributed by atoms with Gasteiger partial charge in [0.1, 0.15) is 0 Å². The van der Waals surface area contributed by atoms with Gasteiger partial charge in [-0.3, -0.25) is 4.79 Å². The van der Waals surface area contributed by atoms with Gasteiger partial charge in [0.15, 0.2) is 5.78 Å². The summed E-state index contributed by atoms with van der Waals surface area (Å²) in [5.41, 5.74) is 1.23. The number of amides is 2. The zero-order valence-corrected chi connectivity index (χ0v) is 12.1. The maximum Gasteiger partial charge on any atom is 0.319 e. The molecular weight excluding hydrogens is 256 g/mol. The van der Waals surface area contributed by atoms with E-state index >= 15 is 0 Å². The minimum atomic E-state index is -0.412. The summed E-state index contributed by atoms with van der Waals surface area (Å²) in [6.45, 7) is 5.77. The van der Waals surface area contributed by atoms with Crippen molar-refractivity contribution in [2.75, 3.05) is 11.9 Å². The van der Waals surface area contributed by atoms with Crippen molar-refractivity contribution in [3.8, 4) is 0 Å². The largest absolute Gasteiger partial charge is 0.393 e. The van der Waals surface area contributed by atoms with E-state index < -0.39 is 6.10 Å². The highest BCUT2D eigenvalue weighted by Crippen LogP contribution is 2.10. The van der Waals surface area contributed by atoms with E-state index in [-0.39, 0.29) is 17.7 Å². The molecular formula is C15H22N2O3. The van der Waals surface area contributed by atoms with Crippen molar-refractivity contribution in [1.82, 2.24) is 5.32 Å².